The van der Waals surface area contributed by atoms with Crippen molar-refractivity contribution in [3.63, 3.8) is 0 Å². The lowest BCUT2D eigenvalue weighted by Crippen LogP contribution is -2.39. The summed E-state index contributed by atoms with van der Waals surface area (Å²) >= 11 is 0. The molecular weight excluding hydrogens is 455 g/mol. The Bertz CT molecular complexity index is 699. The Morgan fingerprint density at radius 1 is 1.15 bits per heavy atom. The minimum Gasteiger partial charge on any atom is -0.497 e. The van der Waals surface area contributed by atoms with Gasteiger partial charge < -0.3 is 19.9 Å². The summed E-state index contributed by atoms with van der Waals surface area (Å²) in [5.41, 5.74) is 1.26. The van der Waals surface area contributed by atoms with E-state index in [1.807, 2.05) is 30.7 Å². The first kappa shape index (κ1) is 23.2. The molecule has 0 fully saturated rings. The average Bonchev–Trinajstić information content (AvgIpc) is 2.98. The molecule has 27 heavy (non-hydrogen) atoms. The van der Waals surface area contributed by atoms with E-state index in [-0.39, 0.29) is 24.0 Å². The molecule has 150 valence electrons. The zero-order valence-electron chi connectivity index (χ0n) is 16.7. The van der Waals surface area contributed by atoms with Crippen LogP contribution in [0.5, 0.6) is 5.75 Å². The molecule has 0 saturated heterocycles. The van der Waals surface area contributed by atoms with Crippen molar-refractivity contribution in [1.82, 2.24) is 25.4 Å². The van der Waals surface area contributed by atoms with Crippen LogP contribution in [0, 0.1) is 6.92 Å². The molecule has 2 N–H and O–H groups in total. The van der Waals surface area contributed by atoms with Crippen molar-refractivity contribution in [2.45, 2.75) is 39.7 Å². The molecule has 2 aromatic rings. The normalized spacial score (nSPS) is 11.0. The summed E-state index contributed by atoms with van der Waals surface area (Å²) in [7, 11) is 3.64. The van der Waals surface area contributed by atoms with Crippen molar-refractivity contribution in [1.29, 1.82) is 0 Å². The number of rotatable bonds is 9. The third-order valence-electron chi connectivity index (χ3n) is 4.25. The summed E-state index contributed by atoms with van der Waals surface area (Å²) in [4.78, 5) is 4.65. The van der Waals surface area contributed by atoms with Gasteiger partial charge in [-0.25, -0.2) is 4.99 Å². The molecule has 8 heteroatoms. The number of halogens is 1. The fourth-order valence-electron chi connectivity index (χ4n) is 2.41. The van der Waals surface area contributed by atoms with Gasteiger partial charge in [0, 0.05) is 20.1 Å². The van der Waals surface area contributed by atoms with Crippen molar-refractivity contribution in [3.8, 4) is 5.75 Å². The maximum atomic E-state index is 5.19. The predicted molar refractivity (Wildman–Crippen MR) is 120 cm³/mol. The topological polar surface area (TPSA) is 76.4 Å². The smallest absolute Gasteiger partial charge is 0.191 e. The highest BCUT2D eigenvalue weighted by Crippen LogP contribution is 2.11. The van der Waals surface area contributed by atoms with E-state index >= 15 is 0 Å². The summed E-state index contributed by atoms with van der Waals surface area (Å²) in [5.74, 6) is 3.44. The van der Waals surface area contributed by atoms with Gasteiger partial charge in [-0.2, -0.15) is 0 Å². The first-order valence-corrected chi connectivity index (χ1v) is 9.14. The van der Waals surface area contributed by atoms with Crippen molar-refractivity contribution >= 4 is 29.9 Å². The van der Waals surface area contributed by atoms with Crippen LogP contribution < -0.4 is 15.4 Å². The van der Waals surface area contributed by atoms with Gasteiger partial charge in [0.05, 0.1) is 7.11 Å². The second kappa shape index (κ2) is 12.5. The number of hydrogen-bond acceptors (Lipinski definition) is 4. The predicted octanol–water partition coefficient (Wildman–Crippen LogP) is 2.83. The minimum absolute atomic E-state index is 0. The molecule has 0 aliphatic rings. The fourth-order valence-corrected chi connectivity index (χ4v) is 2.41. The maximum Gasteiger partial charge on any atom is 0.191 e. The zero-order chi connectivity index (χ0) is 18.8. The SMILES string of the molecule is CCCCNC(=NCc1nnc(C)n1C)NCCc1ccc(OC)cc1.I. The summed E-state index contributed by atoms with van der Waals surface area (Å²) in [5, 5.41) is 15.0. The number of aryl methyl sites for hydroxylation is 1. The van der Waals surface area contributed by atoms with E-state index in [9.17, 15) is 0 Å². The van der Waals surface area contributed by atoms with Gasteiger partial charge in [-0.1, -0.05) is 25.5 Å². The minimum atomic E-state index is 0. The molecule has 0 unspecified atom stereocenters. The van der Waals surface area contributed by atoms with Crippen molar-refractivity contribution < 1.29 is 4.74 Å². The molecule has 1 aromatic heterocycles. The number of hydrogen-bond donors (Lipinski definition) is 2. The van der Waals surface area contributed by atoms with E-state index in [4.69, 9.17) is 4.74 Å². The fraction of sp³-hybridized carbons (Fsp3) is 0.526. The molecule has 0 aliphatic heterocycles. The van der Waals surface area contributed by atoms with Gasteiger partial charge in [0.15, 0.2) is 11.8 Å². The molecular formula is C19H31IN6O. The third kappa shape index (κ3) is 7.74. The van der Waals surface area contributed by atoms with E-state index in [1.54, 1.807) is 7.11 Å². The Kier molecular flexibility index (Phi) is 10.8. The number of methoxy groups -OCH3 is 1. The molecule has 0 radical (unpaired) electrons. The highest BCUT2D eigenvalue weighted by molar-refractivity contribution is 14.0. The molecule has 1 heterocycles. The maximum absolute atomic E-state index is 5.19. The highest BCUT2D eigenvalue weighted by Gasteiger charge is 2.05. The van der Waals surface area contributed by atoms with Gasteiger partial charge in [0.2, 0.25) is 0 Å². The number of unbranched alkanes of at least 4 members (excludes halogenated alkanes) is 1. The lowest BCUT2D eigenvalue weighted by molar-refractivity contribution is 0.414. The summed E-state index contributed by atoms with van der Waals surface area (Å²) < 4.78 is 7.16. The van der Waals surface area contributed by atoms with Crippen molar-refractivity contribution in [2.24, 2.45) is 12.0 Å². The Morgan fingerprint density at radius 3 is 2.44 bits per heavy atom. The van der Waals surface area contributed by atoms with Crippen LogP contribution in [0.4, 0.5) is 0 Å². The third-order valence-corrected chi connectivity index (χ3v) is 4.25. The van der Waals surface area contributed by atoms with Gasteiger partial charge in [0.1, 0.15) is 18.1 Å². The van der Waals surface area contributed by atoms with Crippen LogP contribution in [-0.2, 0) is 20.0 Å². The summed E-state index contributed by atoms with van der Waals surface area (Å²) in [6.45, 7) is 6.33. The van der Waals surface area contributed by atoms with E-state index in [2.05, 4.69) is 44.9 Å². The summed E-state index contributed by atoms with van der Waals surface area (Å²) in [6, 6.07) is 8.15. The highest BCUT2D eigenvalue weighted by atomic mass is 127. The van der Waals surface area contributed by atoms with E-state index in [0.717, 1.165) is 55.7 Å². The number of guanidine groups is 1. The van der Waals surface area contributed by atoms with Crippen LogP contribution in [0.2, 0.25) is 0 Å². The molecule has 7 nitrogen and oxygen atoms in total. The molecule has 0 amide bonds. The number of ether oxygens (including phenoxy) is 1. The quantitative estimate of drug-likeness (QED) is 0.247. The van der Waals surface area contributed by atoms with E-state index < -0.39 is 0 Å². The Balaban J connectivity index is 0.00000364. The van der Waals surface area contributed by atoms with Gasteiger partial charge in [-0.3, -0.25) is 0 Å². The number of benzene rings is 1. The molecule has 0 aliphatic carbocycles. The second-order valence-corrected chi connectivity index (χ2v) is 6.19. The Labute approximate surface area is 179 Å². The van der Waals surface area contributed by atoms with Crippen molar-refractivity contribution in [2.75, 3.05) is 20.2 Å². The van der Waals surface area contributed by atoms with Gasteiger partial charge in [-0.15, -0.1) is 34.2 Å². The molecule has 0 spiro atoms. The molecule has 0 saturated carbocycles. The van der Waals surface area contributed by atoms with Crippen LogP contribution >= 0.6 is 24.0 Å². The number of aliphatic imine (C=N–C) groups is 1. The average molecular weight is 486 g/mol. The van der Waals surface area contributed by atoms with Crippen molar-refractivity contribution in [3.05, 3.63) is 41.5 Å². The Hall–Kier alpha value is -1.84. The number of aromatic nitrogens is 3. The van der Waals surface area contributed by atoms with Gasteiger partial charge in [-0.05, 0) is 37.5 Å². The lowest BCUT2D eigenvalue weighted by Gasteiger charge is -2.12. The Morgan fingerprint density at radius 2 is 1.85 bits per heavy atom. The van der Waals surface area contributed by atoms with Gasteiger partial charge >= 0.3 is 0 Å². The first-order valence-electron chi connectivity index (χ1n) is 9.14. The first-order chi connectivity index (χ1) is 12.6. The zero-order valence-corrected chi connectivity index (χ0v) is 19.0. The van der Waals surface area contributed by atoms with Crippen LogP contribution in [-0.4, -0.2) is 40.9 Å². The van der Waals surface area contributed by atoms with E-state index in [0.29, 0.717) is 6.54 Å². The van der Waals surface area contributed by atoms with Crippen LogP contribution in [0.3, 0.4) is 0 Å². The van der Waals surface area contributed by atoms with Crippen LogP contribution in [0.15, 0.2) is 29.3 Å². The lowest BCUT2D eigenvalue weighted by atomic mass is 10.1. The monoisotopic (exact) mass is 486 g/mol. The number of nitrogens with one attached hydrogen (secondary N) is 2. The molecule has 0 bridgehead atoms. The molecule has 0 atom stereocenters. The molecule has 1 aromatic carbocycles. The van der Waals surface area contributed by atoms with Crippen LogP contribution in [0.25, 0.3) is 0 Å². The standard InChI is InChI=1S/C19H30N6O.HI/c1-5-6-12-20-19(22-14-18-24-23-15(2)25(18)3)21-13-11-16-7-9-17(26-4)10-8-16;/h7-10H,5-6,11-14H2,1-4H3,(H2,20,21,22);1H. The summed E-state index contributed by atoms with van der Waals surface area (Å²) in [6.07, 6.45) is 3.18. The number of nitrogens with zero attached hydrogens (tertiary/aromatic N) is 4. The van der Waals surface area contributed by atoms with E-state index in [1.165, 1.54) is 5.56 Å². The van der Waals surface area contributed by atoms with Gasteiger partial charge in [0.25, 0.3) is 0 Å². The second-order valence-electron chi connectivity index (χ2n) is 6.19. The largest absolute Gasteiger partial charge is 0.497 e. The van der Waals surface area contributed by atoms with Crippen LogP contribution in [0.1, 0.15) is 37.0 Å². The molecule has 2 rings (SSSR count).